The maximum atomic E-state index is 14.0. The molecule has 0 bridgehead atoms. The van der Waals surface area contributed by atoms with Crippen LogP contribution >= 0.6 is 0 Å². The Labute approximate surface area is 122 Å². The van der Waals surface area contributed by atoms with Gasteiger partial charge in [-0.15, -0.1) is 0 Å². The van der Waals surface area contributed by atoms with Gasteiger partial charge in [0.25, 0.3) is 5.91 Å². The molecule has 0 saturated heterocycles. The predicted molar refractivity (Wildman–Crippen MR) is 74.7 cm³/mol. The second-order valence-corrected chi connectivity index (χ2v) is 5.47. The van der Waals surface area contributed by atoms with Crippen LogP contribution < -0.4 is 10.1 Å². The van der Waals surface area contributed by atoms with Crippen molar-refractivity contribution in [1.29, 1.82) is 0 Å². The number of hydrogen-bond acceptors (Lipinski definition) is 3. The van der Waals surface area contributed by atoms with Gasteiger partial charge in [0, 0.05) is 0 Å². The minimum absolute atomic E-state index is 0.0251. The summed E-state index contributed by atoms with van der Waals surface area (Å²) in [6.45, 7) is 1.65. The molecular weight excluding hydrogens is 273 g/mol. The number of amides is 1. The molecule has 1 aliphatic carbocycles. The van der Waals surface area contributed by atoms with E-state index in [9.17, 15) is 14.0 Å². The molecule has 0 aromatic heterocycles. The van der Waals surface area contributed by atoms with Gasteiger partial charge in [-0.1, -0.05) is 12.1 Å². The number of ketones is 1. The van der Waals surface area contributed by atoms with Crippen molar-refractivity contribution in [2.45, 2.75) is 25.8 Å². The molecule has 1 unspecified atom stereocenters. The van der Waals surface area contributed by atoms with Gasteiger partial charge in [-0.05, 0) is 43.4 Å². The van der Waals surface area contributed by atoms with Crippen LogP contribution in [-0.4, -0.2) is 24.3 Å². The molecule has 1 fully saturated rings. The van der Waals surface area contributed by atoms with Crippen LogP contribution in [-0.2, 0) is 4.79 Å². The van der Waals surface area contributed by atoms with Crippen molar-refractivity contribution >= 4 is 11.7 Å². The Kier molecular flexibility index (Phi) is 3.49. The quantitative estimate of drug-likeness (QED) is 0.869. The number of fused-ring (bicyclic) bond motifs is 1. The van der Waals surface area contributed by atoms with Gasteiger partial charge in [0.05, 0.1) is 5.56 Å². The lowest BCUT2D eigenvalue weighted by Crippen LogP contribution is -2.47. The lowest BCUT2D eigenvalue weighted by atomic mass is 10.0. The topological polar surface area (TPSA) is 55.4 Å². The van der Waals surface area contributed by atoms with E-state index in [1.165, 1.54) is 0 Å². The Balaban J connectivity index is 1.73. The summed E-state index contributed by atoms with van der Waals surface area (Å²) in [7, 11) is 0. The van der Waals surface area contributed by atoms with E-state index in [4.69, 9.17) is 4.74 Å². The standard InChI is InChI=1S/C16H16FNO3/c1-9(10-6-7-10)14(17)16(20)18-12-8-21-13-5-3-2-4-11(13)15(12)19/h2-5,10,12H,6-8H2,1H3,(H,18,20)/b14-9-. The number of ether oxygens (including phenoxy) is 1. The van der Waals surface area contributed by atoms with Crippen LogP contribution in [0.5, 0.6) is 5.75 Å². The van der Waals surface area contributed by atoms with Crippen LogP contribution in [0.2, 0.25) is 0 Å². The van der Waals surface area contributed by atoms with E-state index in [2.05, 4.69) is 5.32 Å². The number of nitrogens with one attached hydrogen (secondary N) is 1. The van der Waals surface area contributed by atoms with Gasteiger partial charge in [-0.3, -0.25) is 9.59 Å². The monoisotopic (exact) mass is 289 g/mol. The van der Waals surface area contributed by atoms with Gasteiger partial charge >= 0.3 is 0 Å². The van der Waals surface area contributed by atoms with Crippen LogP contribution in [0.25, 0.3) is 0 Å². The maximum absolute atomic E-state index is 14.0. The number of carbonyl (C=O) groups excluding carboxylic acids is 2. The molecule has 4 nitrogen and oxygen atoms in total. The van der Waals surface area contributed by atoms with Crippen molar-refractivity contribution in [2.24, 2.45) is 5.92 Å². The Morgan fingerprint density at radius 3 is 2.76 bits per heavy atom. The number of para-hydroxylation sites is 1. The third-order valence-electron chi connectivity index (χ3n) is 3.92. The Hall–Kier alpha value is -2.17. The first-order valence-corrected chi connectivity index (χ1v) is 7.01. The van der Waals surface area contributed by atoms with Gasteiger partial charge in [0.1, 0.15) is 18.4 Å². The fraction of sp³-hybridized carbons (Fsp3) is 0.375. The van der Waals surface area contributed by atoms with E-state index in [1.54, 1.807) is 31.2 Å². The third-order valence-corrected chi connectivity index (χ3v) is 3.92. The Morgan fingerprint density at radius 2 is 2.05 bits per heavy atom. The highest BCUT2D eigenvalue weighted by atomic mass is 19.1. The third kappa shape index (κ3) is 2.68. The fourth-order valence-electron chi connectivity index (χ4n) is 2.44. The molecule has 110 valence electrons. The van der Waals surface area contributed by atoms with Crippen molar-refractivity contribution in [3.8, 4) is 5.75 Å². The first kappa shape index (κ1) is 13.8. The molecule has 1 aliphatic heterocycles. The molecule has 1 aromatic rings. The zero-order valence-electron chi connectivity index (χ0n) is 11.7. The summed E-state index contributed by atoms with van der Waals surface area (Å²) in [6, 6.07) is 5.99. The van der Waals surface area contributed by atoms with Gasteiger partial charge in [0.2, 0.25) is 0 Å². The summed E-state index contributed by atoms with van der Waals surface area (Å²) < 4.78 is 19.4. The van der Waals surface area contributed by atoms with Gasteiger partial charge < -0.3 is 10.1 Å². The van der Waals surface area contributed by atoms with Crippen LogP contribution in [0, 0.1) is 5.92 Å². The summed E-state index contributed by atoms with van der Waals surface area (Å²) in [6.07, 6.45) is 1.84. The number of allylic oxidation sites excluding steroid dienone is 1. The molecule has 0 radical (unpaired) electrons. The summed E-state index contributed by atoms with van der Waals surface area (Å²) in [5, 5.41) is 2.43. The van der Waals surface area contributed by atoms with E-state index in [0.29, 0.717) is 16.9 Å². The first-order valence-electron chi connectivity index (χ1n) is 7.01. The summed E-state index contributed by atoms with van der Waals surface area (Å²) in [5.41, 5.74) is 0.884. The van der Waals surface area contributed by atoms with E-state index in [0.717, 1.165) is 12.8 Å². The minimum Gasteiger partial charge on any atom is -0.490 e. The largest absolute Gasteiger partial charge is 0.490 e. The molecule has 1 amide bonds. The molecule has 2 aliphatic rings. The zero-order valence-corrected chi connectivity index (χ0v) is 11.7. The Bertz CT molecular complexity index is 634. The van der Waals surface area contributed by atoms with Crippen molar-refractivity contribution in [3.63, 3.8) is 0 Å². The minimum atomic E-state index is -0.842. The average molecular weight is 289 g/mol. The summed E-state index contributed by atoms with van der Waals surface area (Å²) in [5.74, 6) is -1.18. The van der Waals surface area contributed by atoms with E-state index in [-0.39, 0.29) is 18.3 Å². The van der Waals surface area contributed by atoms with Crippen LogP contribution in [0.15, 0.2) is 35.7 Å². The SMILES string of the molecule is C/C(=C(/F)C(=O)NC1COc2ccccc2C1=O)C1CC1. The maximum Gasteiger partial charge on any atom is 0.280 e. The van der Waals surface area contributed by atoms with Crippen molar-refractivity contribution in [3.05, 3.63) is 41.2 Å². The lowest BCUT2D eigenvalue weighted by Gasteiger charge is -2.24. The van der Waals surface area contributed by atoms with Crippen LogP contribution in [0.4, 0.5) is 4.39 Å². The second-order valence-electron chi connectivity index (χ2n) is 5.47. The van der Waals surface area contributed by atoms with E-state index in [1.807, 2.05) is 0 Å². The number of rotatable bonds is 3. The summed E-state index contributed by atoms with van der Waals surface area (Å²) >= 11 is 0. The molecule has 1 aromatic carbocycles. The van der Waals surface area contributed by atoms with Gasteiger partial charge in [0.15, 0.2) is 11.6 Å². The van der Waals surface area contributed by atoms with E-state index < -0.39 is 17.8 Å². The normalized spacial score (nSPS) is 22.0. The molecule has 1 heterocycles. The predicted octanol–water partition coefficient (Wildman–Crippen LogP) is 2.40. The number of halogens is 1. The molecule has 3 rings (SSSR count). The molecule has 0 spiro atoms. The second kappa shape index (κ2) is 5.31. The highest BCUT2D eigenvalue weighted by molar-refractivity contribution is 6.06. The average Bonchev–Trinajstić information content (AvgIpc) is 3.33. The van der Waals surface area contributed by atoms with Crippen LogP contribution in [0.1, 0.15) is 30.1 Å². The Morgan fingerprint density at radius 1 is 1.33 bits per heavy atom. The fourth-order valence-corrected chi connectivity index (χ4v) is 2.44. The summed E-state index contributed by atoms with van der Waals surface area (Å²) in [4.78, 5) is 24.1. The van der Waals surface area contributed by atoms with Crippen molar-refractivity contribution in [1.82, 2.24) is 5.32 Å². The molecule has 1 N–H and O–H groups in total. The highest BCUT2D eigenvalue weighted by Crippen LogP contribution is 2.38. The molecule has 1 saturated carbocycles. The van der Waals surface area contributed by atoms with E-state index >= 15 is 0 Å². The zero-order chi connectivity index (χ0) is 15.0. The number of Topliss-reactive ketones (excluding diaryl/α,β-unsaturated/α-hetero) is 1. The van der Waals surface area contributed by atoms with Gasteiger partial charge in [-0.2, -0.15) is 0 Å². The number of hydrogen-bond donors (Lipinski definition) is 1. The lowest BCUT2D eigenvalue weighted by molar-refractivity contribution is -0.119. The van der Waals surface area contributed by atoms with Crippen molar-refractivity contribution < 1.29 is 18.7 Å². The van der Waals surface area contributed by atoms with Crippen LogP contribution in [0.3, 0.4) is 0 Å². The highest BCUT2D eigenvalue weighted by Gasteiger charge is 2.32. The van der Waals surface area contributed by atoms with Crippen molar-refractivity contribution in [2.75, 3.05) is 6.61 Å². The number of benzene rings is 1. The molecule has 5 heteroatoms. The smallest absolute Gasteiger partial charge is 0.280 e. The number of carbonyl (C=O) groups is 2. The molecular formula is C16H16FNO3. The first-order chi connectivity index (χ1) is 10.1. The van der Waals surface area contributed by atoms with Gasteiger partial charge in [-0.25, -0.2) is 4.39 Å². The molecule has 1 atom stereocenters. The molecule has 21 heavy (non-hydrogen) atoms.